The van der Waals surface area contributed by atoms with Gasteiger partial charge in [-0.05, 0) is 37.5 Å². The second-order valence-corrected chi connectivity index (χ2v) is 8.59. The number of carbonyl (C=O) groups excluding carboxylic acids is 2. The lowest BCUT2D eigenvalue weighted by Gasteiger charge is -2.26. The van der Waals surface area contributed by atoms with E-state index < -0.39 is 9.84 Å². The highest BCUT2D eigenvalue weighted by atomic mass is 32.2. The Hall–Kier alpha value is -2.09. The lowest BCUT2D eigenvalue weighted by Crippen LogP contribution is -2.43. The highest BCUT2D eigenvalue weighted by Gasteiger charge is 2.34. The largest absolute Gasteiger partial charge is 0.497 e. The van der Waals surface area contributed by atoms with Crippen molar-refractivity contribution >= 4 is 21.7 Å². The summed E-state index contributed by atoms with van der Waals surface area (Å²) in [5.74, 6) is 0.206. The van der Waals surface area contributed by atoms with Gasteiger partial charge in [0.1, 0.15) is 12.2 Å². The van der Waals surface area contributed by atoms with Gasteiger partial charge in [0.05, 0.1) is 18.6 Å². The van der Waals surface area contributed by atoms with Crippen molar-refractivity contribution in [2.75, 3.05) is 31.7 Å². The molecule has 0 aromatic heterocycles. The van der Waals surface area contributed by atoms with Crippen LogP contribution in [0.4, 0.5) is 0 Å². The third-order valence-corrected chi connectivity index (χ3v) is 6.27. The molecule has 144 valence electrons. The molecular weight excluding hydrogens is 356 g/mol. The van der Waals surface area contributed by atoms with Crippen LogP contribution in [-0.4, -0.2) is 62.9 Å². The molecule has 0 bridgehead atoms. The van der Waals surface area contributed by atoms with Crippen LogP contribution < -0.4 is 10.1 Å². The van der Waals surface area contributed by atoms with Crippen molar-refractivity contribution in [3.63, 3.8) is 0 Å². The number of benzene rings is 1. The van der Waals surface area contributed by atoms with E-state index in [0.717, 1.165) is 11.3 Å². The van der Waals surface area contributed by atoms with Crippen LogP contribution in [0.3, 0.4) is 0 Å². The summed E-state index contributed by atoms with van der Waals surface area (Å²) in [4.78, 5) is 25.9. The number of sulfone groups is 1. The zero-order chi connectivity index (χ0) is 19.2. The van der Waals surface area contributed by atoms with E-state index in [2.05, 4.69) is 5.32 Å². The molecule has 1 fully saturated rings. The monoisotopic (exact) mass is 382 g/mol. The summed E-state index contributed by atoms with van der Waals surface area (Å²) in [6, 6.07) is 7.25. The fourth-order valence-electron chi connectivity index (χ4n) is 3.10. The first-order chi connectivity index (χ1) is 12.3. The minimum absolute atomic E-state index is 0.00827. The molecular formula is C18H26N2O5S. The predicted octanol–water partition coefficient (Wildman–Crippen LogP) is 0.780. The number of hydrogen-bond acceptors (Lipinski definition) is 5. The van der Waals surface area contributed by atoms with Gasteiger partial charge in [-0.15, -0.1) is 0 Å². The number of methoxy groups -OCH3 is 1. The number of carbonyl (C=O) groups is 2. The van der Waals surface area contributed by atoms with Crippen molar-refractivity contribution < 1.29 is 22.7 Å². The van der Waals surface area contributed by atoms with Crippen LogP contribution in [0.1, 0.15) is 25.3 Å². The SMILES string of the molecule is CCN(C(=O)CC(=O)NCCc1ccc(OC)cc1)C1CCS(=O)(=O)C1. The van der Waals surface area contributed by atoms with Gasteiger partial charge in [-0.25, -0.2) is 8.42 Å². The van der Waals surface area contributed by atoms with E-state index >= 15 is 0 Å². The van der Waals surface area contributed by atoms with Crippen molar-refractivity contribution in [2.24, 2.45) is 0 Å². The van der Waals surface area contributed by atoms with Crippen LogP contribution in [-0.2, 0) is 25.8 Å². The molecule has 2 rings (SSSR count). The molecule has 1 aromatic carbocycles. The Bertz CT molecular complexity index is 730. The van der Waals surface area contributed by atoms with Crippen LogP contribution in [0.5, 0.6) is 5.75 Å². The van der Waals surface area contributed by atoms with Crippen molar-refractivity contribution in [2.45, 2.75) is 32.2 Å². The quantitative estimate of drug-likeness (QED) is 0.671. The molecule has 1 aliphatic heterocycles. The summed E-state index contributed by atoms with van der Waals surface area (Å²) >= 11 is 0. The maximum atomic E-state index is 12.3. The van der Waals surface area contributed by atoms with Gasteiger partial charge in [0, 0.05) is 19.1 Å². The van der Waals surface area contributed by atoms with Crippen molar-refractivity contribution in [1.82, 2.24) is 10.2 Å². The van der Waals surface area contributed by atoms with Gasteiger partial charge in [0.25, 0.3) is 0 Å². The minimum Gasteiger partial charge on any atom is -0.497 e. The predicted molar refractivity (Wildman–Crippen MR) is 98.8 cm³/mol. The second kappa shape index (κ2) is 9.02. The van der Waals surface area contributed by atoms with E-state index in [0.29, 0.717) is 25.9 Å². The second-order valence-electron chi connectivity index (χ2n) is 6.36. The van der Waals surface area contributed by atoms with Gasteiger partial charge in [-0.1, -0.05) is 12.1 Å². The number of nitrogens with one attached hydrogen (secondary N) is 1. The van der Waals surface area contributed by atoms with Crippen molar-refractivity contribution in [1.29, 1.82) is 0 Å². The van der Waals surface area contributed by atoms with Crippen molar-refractivity contribution in [3.8, 4) is 5.75 Å². The third kappa shape index (κ3) is 5.72. The standard InChI is InChI=1S/C18H26N2O5S/c1-3-20(15-9-11-26(23,24)13-15)18(22)12-17(21)19-10-8-14-4-6-16(25-2)7-5-14/h4-7,15H,3,8-13H2,1-2H3,(H,19,21). The number of rotatable bonds is 8. The van der Waals surface area contributed by atoms with Crippen LogP contribution in [0.25, 0.3) is 0 Å². The Kier molecular flexibility index (Phi) is 7.02. The Balaban J connectivity index is 1.77. The van der Waals surface area contributed by atoms with Crippen LogP contribution in [0.2, 0.25) is 0 Å². The normalized spacial score (nSPS) is 18.3. The summed E-state index contributed by atoms with van der Waals surface area (Å²) in [6.07, 6.45) is 0.844. The molecule has 1 aromatic rings. The zero-order valence-corrected chi connectivity index (χ0v) is 16.0. The molecule has 1 saturated heterocycles. The van der Waals surface area contributed by atoms with Gasteiger partial charge in [0.15, 0.2) is 9.84 Å². The molecule has 0 radical (unpaired) electrons. The Morgan fingerprint density at radius 1 is 1.27 bits per heavy atom. The third-order valence-electron chi connectivity index (χ3n) is 4.52. The number of hydrogen-bond donors (Lipinski definition) is 1. The summed E-state index contributed by atoms with van der Waals surface area (Å²) in [7, 11) is -1.46. The Morgan fingerprint density at radius 3 is 2.50 bits per heavy atom. The maximum absolute atomic E-state index is 12.3. The van der Waals surface area contributed by atoms with Gasteiger partial charge in [-0.2, -0.15) is 0 Å². The fourth-order valence-corrected chi connectivity index (χ4v) is 4.83. The summed E-state index contributed by atoms with van der Waals surface area (Å²) in [5.41, 5.74) is 1.06. The lowest BCUT2D eigenvalue weighted by atomic mass is 10.1. The van der Waals surface area contributed by atoms with Gasteiger partial charge >= 0.3 is 0 Å². The molecule has 7 nitrogen and oxygen atoms in total. The molecule has 0 aliphatic carbocycles. The van der Waals surface area contributed by atoms with E-state index in [-0.39, 0.29) is 35.8 Å². The zero-order valence-electron chi connectivity index (χ0n) is 15.2. The van der Waals surface area contributed by atoms with Crippen LogP contribution in [0.15, 0.2) is 24.3 Å². The minimum atomic E-state index is -3.07. The number of amides is 2. The van der Waals surface area contributed by atoms with Gasteiger partial charge in [0.2, 0.25) is 11.8 Å². The summed E-state index contributed by atoms with van der Waals surface area (Å²) in [6.45, 7) is 2.63. The molecule has 0 spiro atoms. The lowest BCUT2D eigenvalue weighted by molar-refractivity contribution is -0.137. The highest BCUT2D eigenvalue weighted by Crippen LogP contribution is 2.18. The van der Waals surface area contributed by atoms with Crippen LogP contribution >= 0.6 is 0 Å². The highest BCUT2D eigenvalue weighted by molar-refractivity contribution is 7.91. The van der Waals surface area contributed by atoms with Gasteiger partial charge < -0.3 is 15.0 Å². The Labute approximate surface area is 154 Å². The smallest absolute Gasteiger partial charge is 0.232 e. The maximum Gasteiger partial charge on any atom is 0.232 e. The first kappa shape index (κ1) is 20.2. The fraction of sp³-hybridized carbons (Fsp3) is 0.556. The molecule has 1 atom stereocenters. The van der Waals surface area contributed by atoms with E-state index in [1.54, 1.807) is 14.0 Å². The summed E-state index contributed by atoms with van der Waals surface area (Å²) in [5, 5.41) is 2.74. The molecule has 1 aliphatic rings. The molecule has 1 heterocycles. The number of nitrogens with zero attached hydrogens (tertiary/aromatic N) is 1. The average Bonchev–Trinajstić information content (AvgIpc) is 2.95. The van der Waals surface area contributed by atoms with E-state index in [9.17, 15) is 18.0 Å². The van der Waals surface area contributed by atoms with E-state index in [1.165, 1.54) is 4.90 Å². The molecule has 1 N–H and O–H groups in total. The Morgan fingerprint density at radius 2 is 1.96 bits per heavy atom. The molecule has 2 amide bonds. The first-order valence-corrected chi connectivity index (χ1v) is 10.6. The number of ether oxygens (including phenoxy) is 1. The van der Waals surface area contributed by atoms with E-state index in [1.807, 2.05) is 24.3 Å². The molecule has 1 unspecified atom stereocenters. The van der Waals surface area contributed by atoms with Crippen molar-refractivity contribution in [3.05, 3.63) is 29.8 Å². The topological polar surface area (TPSA) is 92.8 Å². The van der Waals surface area contributed by atoms with E-state index in [4.69, 9.17) is 4.74 Å². The molecule has 26 heavy (non-hydrogen) atoms. The molecule has 8 heteroatoms. The van der Waals surface area contributed by atoms with Gasteiger partial charge in [-0.3, -0.25) is 9.59 Å². The average molecular weight is 382 g/mol. The summed E-state index contributed by atoms with van der Waals surface area (Å²) < 4.78 is 28.3. The molecule has 0 saturated carbocycles. The van der Waals surface area contributed by atoms with Crippen LogP contribution in [0, 0.1) is 0 Å². The first-order valence-electron chi connectivity index (χ1n) is 8.74.